The molecule has 2 nitrogen and oxygen atoms in total. The van der Waals surface area contributed by atoms with E-state index in [4.69, 9.17) is 0 Å². The Balaban J connectivity index is 4.02. The topological polar surface area (TPSA) is 15.3 Å². The van der Waals surface area contributed by atoms with Gasteiger partial charge in [0.25, 0.3) is 0 Å². The third kappa shape index (κ3) is 5.95. The van der Waals surface area contributed by atoms with Crippen LogP contribution in [0.3, 0.4) is 0 Å². The summed E-state index contributed by atoms with van der Waals surface area (Å²) in [7, 11) is 2.17. The molecule has 0 aliphatic carbocycles. The highest BCUT2D eigenvalue weighted by atomic mass is 15.1. The maximum absolute atomic E-state index is 4.09. The summed E-state index contributed by atoms with van der Waals surface area (Å²) in [6.45, 7) is 18.2. The number of rotatable bonds is 6. The van der Waals surface area contributed by atoms with Crippen LogP contribution in [0.1, 0.15) is 34.6 Å². The summed E-state index contributed by atoms with van der Waals surface area (Å²) in [4.78, 5) is 2.37. The molecule has 0 aromatic rings. The quantitative estimate of drug-likeness (QED) is 0.681. The first-order valence-corrected chi connectivity index (χ1v) is 5.86. The second kappa shape index (κ2) is 6.29. The summed E-state index contributed by atoms with van der Waals surface area (Å²) in [5.74, 6) is 0. The molecule has 1 N–H and O–H groups in total. The van der Waals surface area contributed by atoms with Gasteiger partial charge >= 0.3 is 0 Å². The molecule has 0 radical (unpaired) electrons. The first-order chi connectivity index (χ1) is 6.79. The van der Waals surface area contributed by atoms with E-state index in [1.807, 2.05) is 0 Å². The van der Waals surface area contributed by atoms with Crippen LogP contribution in [0.2, 0.25) is 0 Å². The van der Waals surface area contributed by atoms with E-state index in [2.05, 4.69) is 58.5 Å². The van der Waals surface area contributed by atoms with Gasteiger partial charge in [0.05, 0.1) is 0 Å². The van der Waals surface area contributed by atoms with Crippen molar-refractivity contribution in [2.45, 2.75) is 40.7 Å². The van der Waals surface area contributed by atoms with E-state index in [-0.39, 0.29) is 0 Å². The molecule has 0 aromatic heterocycles. The van der Waals surface area contributed by atoms with Crippen LogP contribution in [0.15, 0.2) is 12.2 Å². The molecule has 0 bridgehead atoms. The fourth-order valence-corrected chi connectivity index (χ4v) is 1.51. The summed E-state index contributed by atoms with van der Waals surface area (Å²) in [5, 5.41) is 3.30. The van der Waals surface area contributed by atoms with Crippen LogP contribution in [0.25, 0.3) is 0 Å². The molecule has 15 heavy (non-hydrogen) atoms. The average molecular weight is 212 g/mol. The maximum Gasteiger partial charge on any atom is 0.0202 e. The zero-order chi connectivity index (χ0) is 12.1. The lowest BCUT2D eigenvalue weighted by atomic mass is 9.87. The Morgan fingerprint density at radius 1 is 1.40 bits per heavy atom. The summed E-state index contributed by atoms with van der Waals surface area (Å²) in [6.07, 6.45) is 0. The van der Waals surface area contributed by atoms with Gasteiger partial charge in [0, 0.05) is 19.1 Å². The highest BCUT2D eigenvalue weighted by Crippen LogP contribution is 2.23. The SMILES string of the molecule is C=C(CNCC)CN(C)C(C)C(C)(C)C. The summed E-state index contributed by atoms with van der Waals surface area (Å²) in [5.41, 5.74) is 1.59. The fraction of sp³-hybridized carbons (Fsp3) is 0.846. The lowest BCUT2D eigenvalue weighted by Crippen LogP contribution is -2.41. The van der Waals surface area contributed by atoms with Gasteiger partial charge in [-0.3, -0.25) is 4.90 Å². The van der Waals surface area contributed by atoms with Gasteiger partial charge in [0.15, 0.2) is 0 Å². The molecular weight excluding hydrogens is 184 g/mol. The van der Waals surface area contributed by atoms with Crippen molar-refractivity contribution in [1.82, 2.24) is 10.2 Å². The zero-order valence-electron chi connectivity index (χ0n) is 11.4. The number of nitrogens with zero attached hydrogens (tertiary/aromatic N) is 1. The second-order valence-electron chi connectivity index (χ2n) is 5.49. The Hall–Kier alpha value is -0.340. The van der Waals surface area contributed by atoms with Crippen molar-refractivity contribution in [3.8, 4) is 0 Å². The smallest absolute Gasteiger partial charge is 0.0202 e. The van der Waals surface area contributed by atoms with Crippen LogP contribution < -0.4 is 5.32 Å². The first kappa shape index (κ1) is 14.7. The molecule has 0 aliphatic rings. The molecule has 0 saturated heterocycles. The third-order valence-electron chi connectivity index (χ3n) is 3.01. The van der Waals surface area contributed by atoms with E-state index in [1.54, 1.807) is 0 Å². The minimum Gasteiger partial charge on any atom is -0.313 e. The summed E-state index contributed by atoms with van der Waals surface area (Å²) in [6, 6.07) is 0.566. The normalized spacial score (nSPS) is 14.3. The van der Waals surface area contributed by atoms with Crippen molar-refractivity contribution >= 4 is 0 Å². The molecule has 0 aromatic carbocycles. The minimum absolute atomic E-state index is 0.327. The van der Waals surface area contributed by atoms with Crippen molar-refractivity contribution in [2.24, 2.45) is 5.41 Å². The first-order valence-electron chi connectivity index (χ1n) is 5.86. The fourth-order valence-electron chi connectivity index (χ4n) is 1.51. The molecule has 0 aliphatic heterocycles. The van der Waals surface area contributed by atoms with Gasteiger partial charge in [-0.2, -0.15) is 0 Å². The number of hydrogen-bond donors (Lipinski definition) is 1. The lowest BCUT2D eigenvalue weighted by Gasteiger charge is -2.35. The molecule has 0 fully saturated rings. The molecule has 1 unspecified atom stereocenters. The third-order valence-corrected chi connectivity index (χ3v) is 3.01. The van der Waals surface area contributed by atoms with Crippen LogP contribution in [-0.2, 0) is 0 Å². The number of nitrogens with one attached hydrogen (secondary N) is 1. The number of likely N-dealkylation sites (N-methyl/N-ethyl adjacent to an activating group) is 2. The van der Waals surface area contributed by atoms with Crippen molar-refractivity contribution in [2.75, 3.05) is 26.7 Å². The highest BCUT2D eigenvalue weighted by molar-refractivity contribution is 5.00. The average Bonchev–Trinajstić information content (AvgIpc) is 2.11. The lowest BCUT2D eigenvalue weighted by molar-refractivity contribution is 0.151. The Morgan fingerprint density at radius 2 is 1.93 bits per heavy atom. The van der Waals surface area contributed by atoms with E-state index >= 15 is 0 Å². The van der Waals surface area contributed by atoms with Crippen LogP contribution in [0, 0.1) is 5.41 Å². The van der Waals surface area contributed by atoms with Gasteiger partial charge in [-0.15, -0.1) is 0 Å². The molecule has 2 heteroatoms. The second-order valence-corrected chi connectivity index (χ2v) is 5.49. The molecule has 0 spiro atoms. The van der Waals surface area contributed by atoms with Gasteiger partial charge < -0.3 is 5.32 Å². The van der Waals surface area contributed by atoms with E-state index < -0.39 is 0 Å². The summed E-state index contributed by atoms with van der Waals surface area (Å²) >= 11 is 0. The highest BCUT2D eigenvalue weighted by Gasteiger charge is 2.23. The van der Waals surface area contributed by atoms with Crippen LogP contribution in [-0.4, -0.2) is 37.6 Å². The molecule has 0 rings (SSSR count). The molecule has 1 atom stereocenters. The van der Waals surface area contributed by atoms with Crippen molar-refractivity contribution in [1.29, 1.82) is 0 Å². The predicted molar refractivity (Wildman–Crippen MR) is 69.2 cm³/mol. The van der Waals surface area contributed by atoms with Crippen molar-refractivity contribution in [3.05, 3.63) is 12.2 Å². The standard InChI is InChI=1S/C13H28N2/c1-8-14-9-11(2)10-15(7)12(3)13(4,5)6/h12,14H,2,8-10H2,1,3-7H3. The Labute approximate surface area is 95.7 Å². The van der Waals surface area contributed by atoms with Crippen LogP contribution in [0.5, 0.6) is 0 Å². The van der Waals surface area contributed by atoms with Crippen molar-refractivity contribution in [3.63, 3.8) is 0 Å². The monoisotopic (exact) mass is 212 g/mol. The maximum atomic E-state index is 4.09. The van der Waals surface area contributed by atoms with Gasteiger partial charge in [0.1, 0.15) is 0 Å². The van der Waals surface area contributed by atoms with E-state index in [0.717, 1.165) is 19.6 Å². The minimum atomic E-state index is 0.327. The Bertz CT molecular complexity index is 191. The van der Waals surface area contributed by atoms with Gasteiger partial charge in [-0.1, -0.05) is 34.3 Å². The van der Waals surface area contributed by atoms with E-state index in [1.165, 1.54) is 5.57 Å². The predicted octanol–water partition coefficient (Wildman–Crippen LogP) is 2.52. The molecule has 90 valence electrons. The molecular formula is C13H28N2. The van der Waals surface area contributed by atoms with Gasteiger partial charge in [0.2, 0.25) is 0 Å². The van der Waals surface area contributed by atoms with Gasteiger partial charge in [-0.05, 0) is 31.5 Å². The molecule has 0 saturated carbocycles. The molecule has 0 amide bonds. The number of hydrogen-bond acceptors (Lipinski definition) is 2. The Morgan fingerprint density at radius 3 is 2.33 bits per heavy atom. The zero-order valence-corrected chi connectivity index (χ0v) is 11.4. The van der Waals surface area contributed by atoms with E-state index in [9.17, 15) is 0 Å². The molecule has 0 heterocycles. The van der Waals surface area contributed by atoms with Crippen molar-refractivity contribution < 1.29 is 0 Å². The van der Waals surface area contributed by atoms with Crippen LogP contribution in [0.4, 0.5) is 0 Å². The Kier molecular flexibility index (Phi) is 6.15. The van der Waals surface area contributed by atoms with Gasteiger partial charge in [-0.25, -0.2) is 0 Å². The summed E-state index contributed by atoms with van der Waals surface area (Å²) < 4.78 is 0. The largest absolute Gasteiger partial charge is 0.313 e. The van der Waals surface area contributed by atoms with Crippen LogP contribution >= 0.6 is 0 Å². The van der Waals surface area contributed by atoms with E-state index in [0.29, 0.717) is 11.5 Å².